The van der Waals surface area contributed by atoms with Gasteiger partial charge in [-0.1, -0.05) is 0 Å². The average molecular weight is 503 g/mol. The molecule has 1 fully saturated rings. The van der Waals surface area contributed by atoms with Crippen LogP contribution in [0.25, 0.3) is 11.3 Å². The van der Waals surface area contributed by atoms with Crippen LogP contribution >= 0.6 is 0 Å². The van der Waals surface area contributed by atoms with Crippen molar-refractivity contribution in [2.24, 2.45) is 0 Å². The zero-order chi connectivity index (χ0) is 25.4. The molecule has 12 heteroatoms. The number of fused-ring (bicyclic) bond motifs is 1. The molecule has 0 bridgehead atoms. The van der Waals surface area contributed by atoms with E-state index in [1.807, 2.05) is 6.07 Å². The summed E-state index contributed by atoms with van der Waals surface area (Å²) < 4.78 is 55.8. The van der Waals surface area contributed by atoms with Crippen LogP contribution in [0.1, 0.15) is 34.5 Å². The molecule has 0 spiro atoms. The Morgan fingerprint density at radius 2 is 1.97 bits per heavy atom. The fraction of sp³-hybridized carbons (Fsp3) is 0.417. The number of halogens is 3. The number of amides is 1. The van der Waals surface area contributed by atoms with Crippen LogP contribution < -0.4 is 14.4 Å². The minimum Gasteiger partial charge on any atom is -0.485 e. The molecule has 3 aromatic rings. The van der Waals surface area contributed by atoms with Crippen molar-refractivity contribution in [3.05, 3.63) is 47.5 Å². The summed E-state index contributed by atoms with van der Waals surface area (Å²) in [5, 5.41) is 3.75. The second kappa shape index (κ2) is 9.41. The van der Waals surface area contributed by atoms with Gasteiger partial charge in [-0.25, -0.2) is 4.98 Å². The van der Waals surface area contributed by atoms with Gasteiger partial charge in [0.2, 0.25) is 0 Å². The Morgan fingerprint density at radius 1 is 1.19 bits per heavy atom. The van der Waals surface area contributed by atoms with E-state index in [1.54, 1.807) is 19.2 Å². The third kappa shape index (κ3) is 4.85. The number of carbonyl (C=O) groups excluding carboxylic acids is 1. The van der Waals surface area contributed by atoms with Gasteiger partial charge in [-0.05, 0) is 24.6 Å². The Kier molecular flexibility index (Phi) is 6.29. The topological polar surface area (TPSA) is 91.6 Å². The van der Waals surface area contributed by atoms with Gasteiger partial charge in [-0.15, -0.1) is 0 Å². The van der Waals surface area contributed by atoms with Crippen LogP contribution in [0.3, 0.4) is 0 Å². The van der Waals surface area contributed by atoms with E-state index in [-0.39, 0.29) is 24.2 Å². The van der Waals surface area contributed by atoms with Crippen LogP contribution in [0, 0.1) is 6.92 Å². The molecular weight excluding hydrogens is 479 g/mol. The summed E-state index contributed by atoms with van der Waals surface area (Å²) in [5.74, 6) is 0.529. The van der Waals surface area contributed by atoms with E-state index >= 15 is 0 Å². The van der Waals surface area contributed by atoms with Crippen molar-refractivity contribution in [1.82, 2.24) is 19.7 Å². The fourth-order valence-corrected chi connectivity index (χ4v) is 4.40. The molecule has 5 rings (SSSR count). The first kappa shape index (κ1) is 24.0. The molecule has 9 nitrogen and oxygen atoms in total. The standard InChI is InChI=1S/C24H24F3N5O4/c1-14-7-18(15-8-20(22(34-2)28-9-15)36-17-3-5-35-6-4-17)30-19-12-32(23(33)21(14)19)16-10-29-31(11-16)13-24(25,26)27/h7-11,17H,3-6,12-13H2,1-2H3. The molecule has 2 aliphatic heterocycles. The molecule has 0 radical (unpaired) electrons. The summed E-state index contributed by atoms with van der Waals surface area (Å²) in [5.41, 5.74) is 3.23. The Morgan fingerprint density at radius 3 is 2.69 bits per heavy atom. The second-order valence-corrected chi connectivity index (χ2v) is 8.71. The lowest BCUT2D eigenvalue weighted by molar-refractivity contribution is -0.142. The zero-order valence-corrected chi connectivity index (χ0v) is 19.7. The number of aromatic nitrogens is 4. The van der Waals surface area contributed by atoms with Crippen molar-refractivity contribution in [2.75, 3.05) is 25.2 Å². The maximum Gasteiger partial charge on any atom is 0.408 e. The summed E-state index contributed by atoms with van der Waals surface area (Å²) in [6.07, 6.45) is 1.19. The Bertz CT molecular complexity index is 1290. The Balaban J connectivity index is 1.42. The van der Waals surface area contributed by atoms with Crippen LogP contribution in [-0.2, 0) is 17.8 Å². The summed E-state index contributed by atoms with van der Waals surface area (Å²) in [7, 11) is 1.52. The molecule has 2 aliphatic rings. The predicted molar refractivity (Wildman–Crippen MR) is 122 cm³/mol. The van der Waals surface area contributed by atoms with Crippen molar-refractivity contribution in [3.63, 3.8) is 0 Å². The SMILES string of the molecule is COc1ncc(-c2cc(C)c3c(n2)CN(c2cnn(CC(F)(F)F)c2)C3=O)cc1OC1CCOCC1. The molecule has 3 aromatic heterocycles. The molecule has 0 N–H and O–H groups in total. The summed E-state index contributed by atoms with van der Waals surface area (Å²) in [6.45, 7) is 1.95. The van der Waals surface area contributed by atoms with Crippen molar-refractivity contribution < 1.29 is 32.2 Å². The minimum atomic E-state index is -4.41. The van der Waals surface area contributed by atoms with Gasteiger partial charge in [-0.3, -0.25) is 19.4 Å². The van der Waals surface area contributed by atoms with E-state index in [4.69, 9.17) is 19.2 Å². The van der Waals surface area contributed by atoms with Gasteiger partial charge in [0.1, 0.15) is 12.6 Å². The monoisotopic (exact) mass is 503 g/mol. The van der Waals surface area contributed by atoms with Gasteiger partial charge < -0.3 is 14.2 Å². The van der Waals surface area contributed by atoms with E-state index in [0.717, 1.165) is 17.5 Å². The lowest BCUT2D eigenvalue weighted by Gasteiger charge is -2.24. The average Bonchev–Trinajstić information content (AvgIpc) is 3.42. The molecule has 1 saturated heterocycles. The number of pyridine rings is 2. The zero-order valence-electron chi connectivity index (χ0n) is 19.7. The van der Waals surface area contributed by atoms with Gasteiger partial charge in [0.05, 0.1) is 55.7 Å². The van der Waals surface area contributed by atoms with Gasteiger partial charge in [0.15, 0.2) is 5.75 Å². The smallest absolute Gasteiger partial charge is 0.408 e. The maximum absolute atomic E-state index is 13.1. The molecule has 190 valence electrons. The Hall–Kier alpha value is -3.67. The van der Waals surface area contributed by atoms with Gasteiger partial charge in [0.25, 0.3) is 11.8 Å². The van der Waals surface area contributed by atoms with E-state index in [9.17, 15) is 18.0 Å². The predicted octanol–water partition coefficient (Wildman–Crippen LogP) is 3.94. The lowest BCUT2D eigenvalue weighted by Crippen LogP contribution is -2.26. The minimum absolute atomic E-state index is 0.0103. The largest absolute Gasteiger partial charge is 0.485 e. The first-order valence-corrected chi connectivity index (χ1v) is 11.4. The van der Waals surface area contributed by atoms with E-state index in [0.29, 0.717) is 52.9 Å². The number of alkyl halides is 3. The van der Waals surface area contributed by atoms with Gasteiger partial charge in [-0.2, -0.15) is 18.3 Å². The van der Waals surface area contributed by atoms with Crippen LogP contribution in [0.15, 0.2) is 30.7 Å². The Labute approximate surface area is 204 Å². The first-order chi connectivity index (χ1) is 17.2. The quantitative estimate of drug-likeness (QED) is 0.503. The summed E-state index contributed by atoms with van der Waals surface area (Å²) in [6, 6.07) is 3.60. The number of aryl methyl sites for hydroxylation is 1. The molecule has 0 saturated carbocycles. The number of methoxy groups -OCH3 is 1. The molecular formula is C24H24F3N5O4. The third-order valence-electron chi connectivity index (χ3n) is 6.10. The highest BCUT2D eigenvalue weighted by molar-refractivity contribution is 6.10. The highest BCUT2D eigenvalue weighted by Gasteiger charge is 2.34. The highest BCUT2D eigenvalue weighted by atomic mass is 19.4. The number of ether oxygens (including phenoxy) is 3. The molecule has 0 aliphatic carbocycles. The molecule has 1 amide bonds. The number of carbonyl (C=O) groups is 1. The molecule has 0 atom stereocenters. The van der Waals surface area contributed by atoms with Crippen molar-refractivity contribution in [3.8, 4) is 22.9 Å². The lowest BCUT2D eigenvalue weighted by atomic mass is 10.0. The fourth-order valence-electron chi connectivity index (χ4n) is 4.40. The van der Waals surface area contributed by atoms with Crippen LogP contribution in [0.2, 0.25) is 0 Å². The van der Waals surface area contributed by atoms with Crippen molar-refractivity contribution in [1.29, 1.82) is 0 Å². The number of hydrogen-bond acceptors (Lipinski definition) is 7. The van der Waals surface area contributed by atoms with Crippen LogP contribution in [-0.4, -0.2) is 58.3 Å². The van der Waals surface area contributed by atoms with Crippen molar-refractivity contribution in [2.45, 2.75) is 45.1 Å². The maximum atomic E-state index is 13.1. The number of rotatable bonds is 6. The first-order valence-electron chi connectivity index (χ1n) is 11.4. The van der Waals surface area contributed by atoms with Crippen LogP contribution in [0.5, 0.6) is 11.6 Å². The molecule has 0 unspecified atom stereocenters. The highest BCUT2D eigenvalue weighted by Crippen LogP contribution is 2.35. The van der Waals surface area contributed by atoms with E-state index in [2.05, 4.69) is 10.1 Å². The van der Waals surface area contributed by atoms with Gasteiger partial charge >= 0.3 is 6.18 Å². The molecule has 5 heterocycles. The molecule has 36 heavy (non-hydrogen) atoms. The summed E-state index contributed by atoms with van der Waals surface area (Å²) >= 11 is 0. The van der Waals surface area contributed by atoms with E-state index < -0.39 is 12.7 Å². The van der Waals surface area contributed by atoms with E-state index in [1.165, 1.54) is 24.4 Å². The van der Waals surface area contributed by atoms with Crippen molar-refractivity contribution >= 4 is 11.6 Å². The number of anilines is 1. The normalized spacial score (nSPS) is 16.4. The van der Waals surface area contributed by atoms with Gasteiger partial charge in [0, 0.05) is 30.8 Å². The second-order valence-electron chi connectivity index (χ2n) is 8.71. The number of hydrogen-bond donors (Lipinski definition) is 0. The summed E-state index contributed by atoms with van der Waals surface area (Å²) in [4.78, 5) is 23.5. The van der Waals surface area contributed by atoms with Crippen LogP contribution in [0.4, 0.5) is 18.9 Å². The number of nitrogens with zero attached hydrogens (tertiary/aromatic N) is 5. The molecule has 0 aromatic carbocycles. The third-order valence-corrected chi connectivity index (χ3v) is 6.10.